The van der Waals surface area contributed by atoms with E-state index in [0.29, 0.717) is 17.5 Å². The molecule has 0 saturated carbocycles. The summed E-state index contributed by atoms with van der Waals surface area (Å²) >= 11 is 0. The molecule has 3 nitrogen and oxygen atoms in total. The van der Waals surface area contributed by atoms with Gasteiger partial charge in [0.05, 0.1) is 6.61 Å². The number of aliphatic hydroxyl groups excluding tert-OH is 1. The van der Waals surface area contributed by atoms with Gasteiger partial charge in [0.25, 0.3) is 0 Å². The van der Waals surface area contributed by atoms with Crippen LogP contribution in [-0.4, -0.2) is 47.3 Å². The third-order valence-corrected chi connectivity index (χ3v) is 4.51. The molecule has 2 unspecified atom stereocenters. The Bertz CT molecular complexity index is 268. The number of hydrogen-bond acceptors (Lipinski definition) is 3. The van der Waals surface area contributed by atoms with Crippen LogP contribution in [0.3, 0.4) is 0 Å². The molecular formula is C16H34N2O. The molecule has 1 saturated heterocycles. The van der Waals surface area contributed by atoms with Crippen LogP contribution in [0.1, 0.15) is 60.8 Å². The first-order chi connectivity index (χ1) is 8.67. The summed E-state index contributed by atoms with van der Waals surface area (Å²) in [6.45, 7) is 16.0. The van der Waals surface area contributed by atoms with E-state index in [1.165, 1.54) is 25.9 Å². The molecule has 114 valence electrons. The molecule has 0 aromatic rings. The van der Waals surface area contributed by atoms with E-state index in [1.807, 2.05) is 0 Å². The highest BCUT2D eigenvalue weighted by molar-refractivity contribution is 4.90. The monoisotopic (exact) mass is 270 g/mol. The molecule has 0 bridgehead atoms. The molecule has 0 spiro atoms. The van der Waals surface area contributed by atoms with E-state index in [1.54, 1.807) is 0 Å². The molecule has 1 rings (SSSR count). The summed E-state index contributed by atoms with van der Waals surface area (Å²) in [6.07, 6.45) is 3.57. The van der Waals surface area contributed by atoms with Crippen molar-refractivity contribution >= 4 is 0 Å². The van der Waals surface area contributed by atoms with Gasteiger partial charge in [0.2, 0.25) is 0 Å². The Morgan fingerprint density at radius 2 is 1.74 bits per heavy atom. The highest BCUT2D eigenvalue weighted by Gasteiger charge is 2.32. The van der Waals surface area contributed by atoms with Crippen molar-refractivity contribution in [1.29, 1.82) is 0 Å². The zero-order valence-corrected chi connectivity index (χ0v) is 13.8. The van der Waals surface area contributed by atoms with Crippen molar-refractivity contribution in [3.05, 3.63) is 0 Å². The summed E-state index contributed by atoms with van der Waals surface area (Å²) in [6, 6.07) is 0.934. The maximum Gasteiger partial charge on any atom is 0.0611 e. The molecule has 0 aliphatic carbocycles. The van der Waals surface area contributed by atoms with Gasteiger partial charge >= 0.3 is 0 Å². The molecule has 1 aliphatic rings. The van der Waals surface area contributed by atoms with Crippen molar-refractivity contribution < 1.29 is 5.11 Å². The van der Waals surface area contributed by atoms with Gasteiger partial charge in [-0.05, 0) is 51.6 Å². The third-order valence-electron chi connectivity index (χ3n) is 4.51. The summed E-state index contributed by atoms with van der Waals surface area (Å²) in [5, 5.41) is 13.2. The van der Waals surface area contributed by atoms with Crippen molar-refractivity contribution in [3.63, 3.8) is 0 Å². The minimum Gasteiger partial charge on any atom is -0.394 e. The second-order valence-electron chi connectivity index (χ2n) is 7.77. The lowest BCUT2D eigenvalue weighted by Crippen LogP contribution is -2.54. The smallest absolute Gasteiger partial charge is 0.0611 e. The molecule has 0 aromatic carbocycles. The molecule has 0 amide bonds. The standard InChI is InChI=1S/C16H34N2O/c1-13(2)17-16(6,12-19)11-14(3)18-9-7-15(4,5)8-10-18/h13-14,17,19H,7-12H2,1-6H3. The van der Waals surface area contributed by atoms with E-state index in [9.17, 15) is 5.11 Å². The van der Waals surface area contributed by atoms with E-state index in [4.69, 9.17) is 0 Å². The Labute approximate surface area is 119 Å². The summed E-state index contributed by atoms with van der Waals surface area (Å²) in [4.78, 5) is 2.58. The Morgan fingerprint density at radius 3 is 2.16 bits per heavy atom. The van der Waals surface area contributed by atoms with Crippen LogP contribution in [0.4, 0.5) is 0 Å². The van der Waals surface area contributed by atoms with E-state index < -0.39 is 0 Å². The van der Waals surface area contributed by atoms with Gasteiger partial charge in [-0.3, -0.25) is 0 Å². The molecule has 1 aliphatic heterocycles. The summed E-state index contributed by atoms with van der Waals surface area (Å²) in [5.74, 6) is 0. The summed E-state index contributed by atoms with van der Waals surface area (Å²) in [7, 11) is 0. The fourth-order valence-corrected chi connectivity index (χ4v) is 3.22. The average molecular weight is 270 g/mol. The van der Waals surface area contributed by atoms with Crippen LogP contribution >= 0.6 is 0 Å². The number of likely N-dealkylation sites (tertiary alicyclic amines) is 1. The lowest BCUT2D eigenvalue weighted by atomic mass is 9.81. The Hall–Kier alpha value is -0.120. The first-order valence-corrected chi connectivity index (χ1v) is 7.80. The van der Waals surface area contributed by atoms with Gasteiger partial charge in [0.15, 0.2) is 0 Å². The average Bonchev–Trinajstić information content (AvgIpc) is 2.27. The van der Waals surface area contributed by atoms with E-state index in [2.05, 4.69) is 51.8 Å². The van der Waals surface area contributed by atoms with Gasteiger partial charge in [-0.2, -0.15) is 0 Å². The van der Waals surface area contributed by atoms with Crippen molar-refractivity contribution in [2.45, 2.75) is 78.4 Å². The Kier molecular flexibility index (Phi) is 5.84. The lowest BCUT2D eigenvalue weighted by molar-refractivity contribution is 0.0669. The first kappa shape index (κ1) is 16.9. The van der Waals surface area contributed by atoms with E-state index >= 15 is 0 Å². The number of nitrogens with one attached hydrogen (secondary N) is 1. The van der Waals surface area contributed by atoms with Crippen molar-refractivity contribution in [3.8, 4) is 0 Å². The zero-order valence-electron chi connectivity index (χ0n) is 13.8. The van der Waals surface area contributed by atoms with Crippen LogP contribution < -0.4 is 5.32 Å². The van der Waals surface area contributed by atoms with Crippen LogP contribution in [0.25, 0.3) is 0 Å². The van der Waals surface area contributed by atoms with Crippen molar-refractivity contribution in [1.82, 2.24) is 10.2 Å². The van der Waals surface area contributed by atoms with Crippen LogP contribution in [-0.2, 0) is 0 Å². The molecule has 2 atom stereocenters. The normalized spacial score (nSPS) is 25.3. The topological polar surface area (TPSA) is 35.5 Å². The molecule has 2 N–H and O–H groups in total. The second-order valence-corrected chi connectivity index (χ2v) is 7.77. The molecule has 19 heavy (non-hydrogen) atoms. The lowest BCUT2D eigenvalue weighted by Gasteiger charge is -2.43. The molecule has 0 aromatic heterocycles. The number of rotatable bonds is 6. The molecule has 1 heterocycles. The fourth-order valence-electron chi connectivity index (χ4n) is 3.22. The number of piperidine rings is 1. The van der Waals surface area contributed by atoms with Crippen LogP contribution in [0.5, 0.6) is 0 Å². The first-order valence-electron chi connectivity index (χ1n) is 7.80. The van der Waals surface area contributed by atoms with E-state index in [0.717, 1.165) is 6.42 Å². The van der Waals surface area contributed by atoms with Gasteiger partial charge in [-0.25, -0.2) is 0 Å². The third kappa shape index (κ3) is 5.41. The van der Waals surface area contributed by atoms with Crippen LogP contribution in [0.15, 0.2) is 0 Å². The predicted molar refractivity (Wildman–Crippen MR) is 82.4 cm³/mol. The Balaban J connectivity index is 2.51. The fraction of sp³-hybridized carbons (Fsp3) is 1.00. The predicted octanol–water partition coefficient (Wildman–Crippen LogP) is 2.64. The Morgan fingerprint density at radius 1 is 1.21 bits per heavy atom. The van der Waals surface area contributed by atoms with Gasteiger partial charge in [0.1, 0.15) is 0 Å². The highest BCUT2D eigenvalue weighted by atomic mass is 16.3. The van der Waals surface area contributed by atoms with Crippen molar-refractivity contribution in [2.24, 2.45) is 5.41 Å². The summed E-state index contributed by atoms with van der Waals surface area (Å²) < 4.78 is 0. The van der Waals surface area contributed by atoms with Crippen molar-refractivity contribution in [2.75, 3.05) is 19.7 Å². The second kappa shape index (κ2) is 6.55. The zero-order chi connectivity index (χ0) is 14.7. The van der Waals surface area contributed by atoms with Gasteiger partial charge in [-0.1, -0.05) is 27.7 Å². The number of aliphatic hydroxyl groups is 1. The molecule has 0 radical (unpaired) electrons. The molecule has 1 fully saturated rings. The molecular weight excluding hydrogens is 236 g/mol. The molecule has 3 heteroatoms. The van der Waals surface area contributed by atoms with Gasteiger partial charge in [0, 0.05) is 17.6 Å². The minimum atomic E-state index is -0.166. The SMILES string of the molecule is CC(C)NC(C)(CO)CC(C)N1CCC(C)(C)CC1. The minimum absolute atomic E-state index is 0.166. The van der Waals surface area contributed by atoms with Crippen LogP contribution in [0, 0.1) is 5.41 Å². The largest absolute Gasteiger partial charge is 0.394 e. The van der Waals surface area contributed by atoms with E-state index in [-0.39, 0.29) is 12.1 Å². The number of hydrogen-bond donors (Lipinski definition) is 2. The van der Waals surface area contributed by atoms with Gasteiger partial charge in [-0.15, -0.1) is 0 Å². The maximum atomic E-state index is 9.68. The maximum absolute atomic E-state index is 9.68. The highest BCUT2D eigenvalue weighted by Crippen LogP contribution is 2.31. The quantitative estimate of drug-likeness (QED) is 0.779. The number of nitrogens with zero attached hydrogens (tertiary/aromatic N) is 1. The summed E-state index contributed by atoms with van der Waals surface area (Å²) in [5.41, 5.74) is 0.341. The van der Waals surface area contributed by atoms with Gasteiger partial charge < -0.3 is 15.3 Å². The van der Waals surface area contributed by atoms with Crippen LogP contribution in [0.2, 0.25) is 0 Å².